The summed E-state index contributed by atoms with van der Waals surface area (Å²) in [6, 6.07) is 7.44. The molecular weight excluding hydrogens is 539 g/mol. The molecular formula is C27H40ClN6O4P. The van der Waals surface area contributed by atoms with E-state index in [1.807, 2.05) is 70.4 Å². The molecule has 1 unspecified atom stereocenters. The van der Waals surface area contributed by atoms with Gasteiger partial charge in [0.2, 0.25) is 0 Å². The van der Waals surface area contributed by atoms with Crippen LogP contribution in [0.3, 0.4) is 0 Å². The second kappa shape index (κ2) is 12.8. The van der Waals surface area contributed by atoms with Gasteiger partial charge in [0.15, 0.2) is 18.8 Å². The molecule has 0 aliphatic heterocycles. The monoisotopic (exact) mass is 578 g/mol. The predicted molar refractivity (Wildman–Crippen MR) is 155 cm³/mol. The molecule has 0 saturated heterocycles. The molecule has 3 rings (SSSR count). The Morgan fingerprint density at radius 2 is 1.87 bits per heavy atom. The molecule has 2 aromatic heterocycles. The Balaban J connectivity index is 1.76. The lowest BCUT2D eigenvalue weighted by atomic mass is 9.90. The highest BCUT2D eigenvalue weighted by molar-refractivity contribution is 7.61. The van der Waals surface area contributed by atoms with Crippen molar-refractivity contribution in [3.8, 4) is 0 Å². The van der Waals surface area contributed by atoms with Crippen molar-refractivity contribution in [2.24, 2.45) is 5.41 Å². The minimum absolute atomic E-state index is 0.0188. The minimum atomic E-state index is -3.16. The van der Waals surface area contributed by atoms with Gasteiger partial charge in [-0.15, -0.1) is 0 Å². The van der Waals surface area contributed by atoms with Crippen LogP contribution in [0.5, 0.6) is 0 Å². The Labute approximate surface area is 235 Å². The number of carbonyl (C=O) groups is 1. The Morgan fingerprint density at radius 1 is 1.18 bits per heavy atom. The van der Waals surface area contributed by atoms with E-state index >= 15 is 0 Å². The van der Waals surface area contributed by atoms with Gasteiger partial charge in [0.05, 0.1) is 31.0 Å². The average molecular weight is 579 g/mol. The number of aromatic nitrogens is 4. The van der Waals surface area contributed by atoms with Crippen molar-refractivity contribution >= 4 is 41.8 Å². The molecule has 0 bridgehead atoms. The van der Waals surface area contributed by atoms with Crippen LogP contribution < -0.4 is 10.8 Å². The summed E-state index contributed by atoms with van der Waals surface area (Å²) in [6.07, 6.45) is 4.07. The fourth-order valence-electron chi connectivity index (χ4n) is 4.16. The molecule has 0 amide bonds. The van der Waals surface area contributed by atoms with E-state index in [9.17, 15) is 9.36 Å². The van der Waals surface area contributed by atoms with Gasteiger partial charge in [-0.25, -0.2) is 15.0 Å². The van der Waals surface area contributed by atoms with Crippen molar-refractivity contribution in [1.29, 1.82) is 0 Å². The van der Waals surface area contributed by atoms with Gasteiger partial charge in [-0.3, -0.25) is 9.88 Å². The van der Waals surface area contributed by atoms with Crippen LogP contribution in [0.2, 0.25) is 5.02 Å². The van der Waals surface area contributed by atoms with Gasteiger partial charge >= 0.3 is 5.97 Å². The summed E-state index contributed by atoms with van der Waals surface area (Å²) < 4.78 is 27.8. The van der Waals surface area contributed by atoms with Gasteiger partial charge in [-0.2, -0.15) is 0 Å². The van der Waals surface area contributed by atoms with Gasteiger partial charge in [0.1, 0.15) is 18.2 Å². The van der Waals surface area contributed by atoms with Crippen LogP contribution in [0.4, 0.5) is 5.82 Å². The first-order valence-electron chi connectivity index (χ1n) is 13.1. The smallest absolute Gasteiger partial charge is 0.311 e. The van der Waals surface area contributed by atoms with E-state index in [0.717, 1.165) is 12.0 Å². The number of halogens is 1. The highest BCUT2D eigenvalue weighted by Gasteiger charge is 2.37. The summed E-state index contributed by atoms with van der Waals surface area (Å²) >= 11 is 6.09. The van der Waals surface area contributed by atoms with E-state index in [4.69, 9.17) is 26.8 Å². The number of anilines is 1. The molecule has 214 valence electrons. The molecule has 0 spiro atoms. The van der Waals surface area contributed by atoms with Crippen LogP contribution >= 0.6 is 18.9 Å². The van der Waals surface area contributed by atoms with Crippen LogP contribution in [0.1, 0.15) is 59.9 Å². The summed E-state index contributed by atoms with van der Waals surface area (Å²) in [7, 11) is -3.16. The van der Waals surface area contributed by atoms with Crippen LogP contribution in [-0.4, -0.2) is 50.7 Å². The van der Waals surface area contributed by atoms with Crippen molar-refractivity contribution in [3.05, 3.63) is 47.5 Å². The largest absolute Gasteiger partial charge is 0.465 e. The number of rotatable bonds is 14. The molecule has 3 aromatic rings. The third-order valence-electron chi connectivity index (χ3n) is 6.59. The first-order chi connectivity index (χ1) is 18.3. The number of ether oxygens (including phenoxy) is 2. The number of carbonyl (C=O) groups excluding carboxylic acids is 1. The average Bonchev–Trinajstić information content (AvgIpc) is 3.29. The van der Waals surface area contributed by atoms with Gasteiger partial charge in [0.25, 0.3) is 0 Å². The summed E-state index contributed by atoms with van der Waals surface area (Å²) in [5.41, 5.74) is 6.53. The molecule has 1 aromatic carbocycles. The zero-order chi connectivity index (χ0) is 28.8. The maximum atomic E-state index is 14.4. The second-order valence-corrected chi connectivity index (χ2v) is 14.2. The summed E-state index contributed by atoms with van der Waals surface area (Å²) in [6.45, 7) is 12.2. The molecule has 0 radical (unpaired) electrons. The highest BCUT2D eigenvalue weighted by Crippen LogP contribution is 2.48. The lowest BCUT2D eigenvalue weighted by molar-refractivity contribution is -0.154. The molecule has 0 saturated carbocycles. The number of hydrogen-bond donors (Lipinski definition) is 2. The fourth-order valence-corrected chi connectivity index (χ4v) is 7.15. The lowest BCUT2D eigenvalue weighted by Crippen LogP contribution is -2.37. The molecule has 0 aliphatic rings. The van der Waals surface area contributed by atoms with Crippen LogP contribution in [-0.2, 0) is 30.9 Å². The predicted octanol–water partition coefficient (Wildman–Crippen LogP) is 5.60. The number of esters is 1. The molecule has 39 heavy (non-hydrogen) atoms. The van der Waals surface area contributed by atoms with Crippen molar-refractivity contribution in [2.75, 3.05) is 24.9 Å². The number of nitrogen functional groups attached to an aromatic ring is 1. The van der Waals surface area contributed by atoms with E-state index < -0.39 is 18.2 Å². The number of imidazole rings is 1. The maximum Gasteiger partial charge on any atom is 0.311 e. The molecule has 2 heterocycles. The van der Waals surface area contributed by atoms with Crippen LogP contribution in [0, 0.1) is 5.41 Å². The summed E-state index contributed by atoms with van der Waals surface area (Å²) in [5.74, 6) is 0.0147. The van der Waals surface area contributed by atoms with E-state index in [1.54, 1.807) is 6.33 Å². The molecule has 0 aliphatic carbocycles. The minimum Gasteiger partial charge on any atom is -0.465 e. The normalized spacial score (nSPS) is 14.7. The molecule has 0 fully saturated rings. The third kappa shape index (κ3) is 8.24. The number of hydrogen-bond acceptors (Lipinski definition) is 8. The summed E-state index contributed by atoms with van der Waals surface area (Å²) in [4.78, 5) is 25.2. The number of nitrogens with zero attached hydrogens (tertiary/aromatic N) is 4. The fraction of sp³-hybridized carbons (Fsp3) is 0.556. The highest BCUT2D eigenvalue weighted by atomic mass is 35.5. The Bertz CT molecular complexity index is 1310. The topological polar surface area (TPSA) is 134 Å². The van der Waals surface area contributed by atoms with E-state index in [1.165, 1.54) is 6.33 Å². The Hall–Kier alpha value is -2.52. The maximum absolute atomic E-state index is 14.4. The molecule has 12 heteroatoms. The van der Waals surface area contributed by atoms with Crippen LogP contribution in [0.15, 0.2) is 36.9 Å². The van der Waals surface area contributed by atoms with E-state index in [2.05, 4.69) is 20.0 Å². The van der Waals surface area contributed by atoms with Crippen molar-refractivity contribution < 1.29 is 18.8 Å². The third-order valence-corrected chi connectivity index (χ3v) is 9.32. The zero-order valence-corrected chi connectivity index (χ0v) is 25.3. The summed E-state index contributed by atoms with van der Waals surface area (Å²) in [5, 5.41) is 4.02. The molecule has 3 N–H and O–H groups in total. The number of nitrogens with one attached hydrogen (secondary N) is 1. The molecule has 2 atom stereocenters. The number of nitrogens with two attached hydrogens (primary N) is 1. The first kappa shape index (κ1) is 31.0. The SMILES string of the molecule is CCCOC(=O)C(C)(C)CCP(=O)(CO[C@H](C)Cn1cnc2c(N)ncnc21)NC(C)(C)c1ccc(Cl)cc1. The van der Waals surface area contributed by atoms with Gasteiger partial charge in [-0.1, -0.05) is 30.7 Å². The van der Waals surface area contributed by atoms with Gasteiger partial charge in [-0.05, 0) is 65.2 Å². The molecule has 10 nitrogen and oxygen atoms in total. The van der Waals surface area contributed by atoms with Gasteiger partial charge in [0, 0.05) is 16.7 Å². The van der Waals surface area contributed by atoms with Crippen molar-refractivity contribution in [2.45, 2.75) is 72.6 Å². The Morgan fingerprint density at radius 3 is 2.54 bits per heavy atom. The van der Waals surface area contributed by atoms with Crippen LogP contribution in [0.25, 0.3) is 11.2 Å². The van der Waals surface area contributed by atoms with E-state index in [0.29, 0.717) is 41.6 Å². The van der Waals surface area contributed by atoms with Gasteiger partial charge < -0.3 is 24.3 Å². The van der Waals surface area contributed by atoms with E-state index in [-0.39, 0.29) is 24.6 Å². The quantitative estimate of drug-likeness (QED) is 0.185. The standard InChI is InChI=1S/C27H40ClN6O4P/c1-7-13-37-25(35)26(3,4)12-14-39(36,33-27(5,6)20-8-10-21(28)11-9-20)18-38-19(2)15-34-17-32-22-23(29)30-16-31-24(22)34/h8-11,16-17,19H,7,12-15,18H2,1-6H3,(H,33,36)(H2,29,30,31)/t19-,39?/m1/s1. The number of benzene rings is 1. The number of fused-ring (bicyclic) bond motifs is 1. The lowest BCUT2D eigenvalue weighted by Gasteiger charge is -2.34. The first-order valence-corrected chi connectivity index (χ1v) is 15.6. The van der Waals surface area contributed by atoms with Crippen molar-refractivity contribution in [3.63, 3.8) is 0 Å². The second-order valence-electron chi connectivity index (χ2n) is 11.1. The van der Waals surface area contributed by atoms with Crippen molar-refractivity contribution in [1.82, 2.24) is 24.6 Å². The zero-order valence-electron chi connectivity index (χ0n) is 23.6. The Kier molecular flexibility index (Phi) is 10.2.